The summed E-state index contributed by atoms with van der Waals surface area (Å²) in [6.45, 7) is 2.49. The molecule has 0 aliphatic carbocycles. The molecule has 0 unspecified atom stereocenters. The van der Waals surface area contributed by atoms with Crippen molar-refractivity contribution in [3.8, 4) is 5.75 Å². The van der Waals surface area contributed by atoms with Crippen LogP contribution in [0.5, 0.6) is 5.75 Å². The van der Waals surface area contributed by atoms with E-state index < -0.39 is 4.92 Å². The van der Waals surface area contributed by atoms with E-state index in [1.54, 1.807) is 18.2 Å². The molecule has 0 spiro atoms. The van der Waals surface area contributed by atoms with E-state index in [4.69, 9.17) is 4.74 Å². The van der Waals surface area contributed by atoms with Crippen LogP contribution in [-0.2, 0) is 4.79 Å². The molecule has 5 rings (SSSR count). The topological polar surface area (TPSA) is 107 Å². The lowest BCUT2D eigenvalue weighted by Crippen LogP contribution is -2.19. The van der Waals surface area contributed by atoms with E-state index in [9.17, 15) is 14.9 Å². The Balaban J connectivity index is 1.38. The van der Waals surface area contributed by atoms with Crippen molar-refractivity contribution < 1.29 is 14.5 Å². The van der Waals surface area contributed by atoms with Gasteiger partial charge in [-0.05, 0) is 66.7 Å². The van der Waals surface area contributed by atoms with Gasteiger partial charge in [0.05, 0.1) is 37.2 Å². The van der Waals surface area contributed by atoms with E-state index in [-0.39, 0.29) is 11.6 Å². The first kappa shape index (κ1) is 24.0. The number of nitrogens with one attached hydrogen (secondary N) is 1. The van der Waals surface area contributed by atoms with Gasteiger partial charge in [-0.1, -0.05) is 36.0 Å². The first-order valence-corrected chi connectivity index (χ1v) is 13.3. The first-order valence-electron chi connectivity index (χ1n) is 10.8. The molecule has 11 heteroatoms. The van der Waals surface area contributed by atoms with Crippen molar-refractivity contribution in [2.75, 3.05) is 6.61 Å². The van der Waals surface area contributed by atoms with Crippen LogP contribution in [0.1, 0.15) is 12.5 Å². The highest BCUT2D eigenvalue weighted by Gasteiger charge is 2.25. The van der Waals surface area contributed by atoms with Crippen molar-refractivity contribution in [3.63, 3.8) is 0 Å². The maximum Gasteiger partial charge on any atom is 0.283 e. The van der Waals surface area contributed by atoms with Gasteiger partial charge in [-0.3, -0.25) is 14.9 Å². The van der Waals surface area contributed by atoms with Gasteiger partial charge >= 0.3 is 0 Å². The summed E-state index contributed by atoms with van der Waals surface area (Å²) in [5.74, 6) is 0.469. The van der Waals surface area contributed by atoms with Crippen LogP contribution in [0.25, 0.3) is 16.3 Å². The second-order valence-electron chi connectivity index (χ2n) is 7.45. The number of nitro benzene ring substituents is 1. The fourth-order valence-corrected chi connectivity index (χ4v) is 6.36. The highest BCUT2D eigenvalue weighted by atomic mass is 32.2. The van der Waals surface area contributed by atoms with Gasteiger partial charge in [0, 0.05) is 6.07 Å². The molecule has 1 saturated heterocycles. The molecule has 0 saturated carbocycles. The third-order valence-corrected chi connectivity index (χ3v) is 8.02. The number of ether oxygens (including phenoxy) is 1. The Labute approximate surface area is 218 Å². The van der Waals surface area contributed by atoms with Gasteiger partial charge in [0.15, 0.2) is 9.51 Å². The SMILES string of the molecule is CCOc1ccc2nc(Sc3ccc(/C=C4\SC(=Nc5ccccc5)NC4=O)cc3[N+](=O)[O-])sc2c1. The quantitative estimate of drug-likeness (QED) is 0.161. The number of nitrogens with zero attached hydrogens (tertiary/aromatic N) is 3. The molecule has 0 radical (unpaired) electrons. The number of rotatable bonds is 7. The van der Waals surface area contributed by atoms with Crippen LogP contribution in [0.2, 0.25) is 0 Å². The Bertz CT molecular complexity index is 1530. The van der Waals surface area contributed by atoms with E-state index >= 15 is 0 Å². The molecular weight excluding hydrogens is 517 g/mol. The maximum atomic E-state index is 12.4. The molecule has 1 N–H and O–H groups in total. The normalized spacial score (nSPS) is 15.5. The highest BCUT2D eigenvalue weighted by Crippen LogP contribution is 2.40. The van der Waals surface area contributed by atoms with Crippen molar-refractivity contribution in [1.82, 2.24) is 10.3 Å². The summed E-state index contributed by atoms with van der Waals surface area (Å²) in [5, 5.41) is 15.0. The zero-order chi connectivity index (χ0) is 25.1. The summed E-state index contributed by atoms with van der Waals surface area (Å²) in [5.41, 5.74) is 2.04. The van der Waals surface area contributed by atoms with Crippen LogP contribution in [0.4, 0.5) is 11.4 Å². The number of fused-ring (bicyclic) bond motifs is 1. The van der Waals surface area contributed by atoms with Crippen LogP contribution in [-0.4, -0.2) is 27.6 Å². The van der Waals surface area contributed by atoms with Gasteiger partial charge in [-0.15, -0.1) is 11.3 Å². The number of aliphatic imine (C=N–C) groups is 1. The molecule has 1 amide bonds. The summed E-state index contributed by atoms with van der Waals surface area (Å²) in [6.07, 6.45) is 1.63. The zero-order valence-corrected chi connectivity index (χ0v) is 21.3. The van der Waals surface area contributed by atoms with Crippen LogP contribution in [0.3, 0.4) is 0 Å². The molecule has 1 aliphatic heterocycles. The molecule has 4 aromatic rings. The number of amides is 1. The molecule has 1 fully saturated rings. The smallest absolute Gasteiger partial charge is 0.283 e. The van der Waals surface area contributed by atoms with Gasteiger partial charge in [0.2, 0.25) is 0 Å². The number of nitro groups is 1. The van der Waals surface area contributed by atoms with Gasteiger partial charge in [-0.2, -0.15) is 0 Å². The van der Waals surface area contributed by atoms with Gasteiger partial charge in [-0.25, -0.2) is 9.98 Å². The number of benzene rings is 3. The summed E-state index contributed by atoms with van der Waals surface area (Å²) in [4.78, 5) is 33.7. The number of thiazole rings is 1. The number of para-hydroxylation sites is 1. The predicted octanol–water partition coefficient (Wildman–Crippen LogP) is 6.65. The average molecular weight is 535 g/mol. The standard InChI is InChI=1S/C25H18N4O4S3/c1-2-33-17-9-10-18-21(14-17)36-25(27-18)35-20-11-8-15(12-19(20)29(31)32)13-22-23(30)28-24(34-22)26-16-6-4-3-5-7-16/h3-14H,2H2,1H3,(H,26,28,30)/b22-13-. The van der Waals surface area contributed by atoms with E-state index in [1.165, 1.54) is 40.9 Å². The van der Waals surface area contributed by atoms with Crippen LogP contribution >= 0.6 is 34.9 Å². The third-order valence-electron chi connectivity index (χ3n) is 4.96. The van der Waals surface area contributed by atoms with E-state index in [2.05, 4.69) is 15.3 Å². The van der Waals surface area contributed by atoms with Crippen molar-refractivity contribution in [2.24, 2.45) is 4.99 Å². The lowest BCUT2D eigenvalue weighted by atomic mass is 10.2. The summed E-state index contributed by atoms with van der Waals surface area (Å²) in [6, 6.07) is 19.9. The molecule has 180 valence electrons. The maximum absolute atomic E-state index is 12.4. The fraction of sp³-hybridized carbons (Fsp3) is 0.0800. The third kappa shape index (κ3) is 5.43. The van der Waals surface area contributed by atoms with Crippen LogP contribution in [0, 0.1) is 10.1 Å². The van der Waals surface area contributed by atoms with Gasteiger partial charge in [0.1, 0.15) is 5.75 Å². The highest BCUT2D eigenvalue weighted by molar-refractivity contribution is 8.18. The van der Waals surface area contributed by atoms with E-state index in [0.29, 0.717) is 31.5 Å². The van der Waals surface area contributed by atoms with Gasteiger partial charge in [0.25, 0.3) is 11.6 Å². The number of hydrogen-bond acceptors (Lipinski definition) is 9. The Kier molecular flexibility index (Phi) is 7.03. The second-order valence-corrected chi connectivity index (χ2v) is 10.8. The van der Waals surface area contributed by atoms with E-state index in [1.807, 2.05) is 55.5 Å². The Morgan fingerprint density at radius 3 is 2.78 bits per heavy atom. The van der Waals surface area contributed by atoms with Crippen LogP contribution in [0.15, 0.2) is 85.9 Å². The second kappa shape index (κ2) is 10.5. The molecule has 0 atom stereocenters. The number of carbonyl (C=O) groups is 1. The largest absolute Gasteiger partial charge is 0.494 e. The molecule has 36 heavy (non-hydrogen) atoms. The molecule has 1 aliphatic rings. The van der Waals surface area contributed by atoms with Crippen molar-refractivity contribution >= 4 is 73.6 Å². The minimum absolute atomic E-state index is 0.0507. The monoisotopic (exact) mass is 534 g/mol. The number of thioether (sulfide) groups is 1. The van der Waals surface area contributed by atoms with Crippen LogP contribution < -0.4 is 10.1 Å². The zero-order valence-electron chi connectivity index (χ0n) is 18.8. The Hall–Kier alpha value is -3.67. The summed E-state index contributed by atoms with van der Waals surface area (Å²) >= 11 is 3.89. The molecule has 8 nitrogen and oxygen atoms in total. The van der Waals surface area contributed by atoms with Crippen molar-refractivity contribution in [1.29, 1.82) is 0 Å². The minimum Gasteiger partial charge on any atom is -0.494 e. The number of hydrogen-bond donors (Lipinski definition) is 1. The first-order chi connectivity index (χ1) is 17.5. The van der Waals surface area contributed by atoms with E-state index in [0.717, 1.165) is 21.7 Å². The predicted molar refractivity (Wildman–Crippen MR) is 145 cm³/mol. The molecule has 3 aromatic carbocycles. The van der Waals surface area contributed by atoms with Gasteiger partial charge < -0.3 is 10.1 Å². The number of carbonyl (C=O) groups excluding carboxylic acids is 1. The Morgan fingerprint density at radius 2 is 2.00 bits per heavy atom. The average Bonchev–Trinajstić information content (AvgIpc) is 3.42. The Morgan fingerprint density at radius 1 is 1.17 bits per heavy atom. The minimum atomic E-state index is -0.422. The fourth-order valence-electron chi connectivity index (χ4n) is 3.38. The van der Waals surface area contributed by atoms with Crippen molar-refractivity contribution in [2.45, 2.75) is 16.2 Å². The molecule has 1 aromatic heterocycles. The summed E-state index contributed by atoms with van der Waals surface area (Å²) < 4.78 is 7.19. The number of amidine groups is 1. The lowest BCUT2D eigenvalue weighted by Gasteiger charge is -2.02. The molecule has 2 heterocycles. The molecule has 0 bridgehead atoms. The summed E-state index contributed by atoms with van der Waals surface area (Å²) in [7, 11) is 0. The molecular formula is C25H18N4O4S3. The number of aromatic nitrogens is 1. The lowest BCUT2D eigenvalue weighted by molar-refractivity contribution is -0.387. The van der Waals surface area contributed by atoms with Crippen molar-refractivity contribution in [3.05, 3.63) is 87.3 Å².